The second-order valence-corrected chi connectivity index (χ2v) is 6.08. The van der Waals surface area contributed by atoms with Crippen molar-refractivity contribution in [3.63, 3.8) is 0 Å². The molecule has 118 valence electrons. The number of hydrogen-bond acceptors (Lipinski definition) is 7. The van der Waals surface area contributed by atoms with Crippen LogP contribution >= 0.6 is 11.3 Å². The molecular formula is C14H18N4O3S. The van der Waals surface area contributed by atoms with Crippen molar-refractivity contribution < 1.29 is 14.1 Å². The molecule has 2 aromatic rings. The van der Waals surface area contributed by atoms with Gasteiger partial charge in [0.2, 0.25) is 5.91 Å². The van der Waals surface area contributed by atoms with Crippen LogP contribution in [0.15, 0.2) is 22.2 Å². The normalized spacial score (nSPS) is 19.2. The highest BCUT2D eigenvalue weighted by molar-refractivity contribution is 7.09. The van der Waals surface area contributed by atoms with Crippen molar-refractivity contribution in [1.82, 2.24) is 15.0 Å². The summed E-state index contributed by atoms with van der Waals surface area (Å²) in [5.41, 5.74) is 0. The van der Waals surface area contributed by atoms with Gasteiger partial charge >= 0.3 is 0 Å². The number of nitrogens with one attached hydrogen (secondary N) is 1. The predicted molar refractivity (Wildman–Crippen MR) is 81.7 cm³/mol. The van der Waals surface area contributed by atoms with Gasteiger partial charge < -0.3 is 14.6 Å². The van der Waals surface area contributed by atoms with Crippen LogP contribution in [0.25, 0.3) is 0 Å². The Labute approximate surface area is 132 Å². The van der Waals surface area contributed by atoms with Crippen molar-refractivity contribution in [2.75, 3.05) is 31.6 Å². The molecule has 0 saturated carbocycles. The Bertz CT molecular complexity index is 613. The number of rotatable bonds is 5. The lowest BCUT2D eigenvalue weighted by molar-refractivity contribution is -0.117. The summed E-state index contributed by atoms with van der Waals surface area (Å²) in [4.78, 5) is 18.4. The van der Waals surface area contributed by atoms with E-state index in [2.05, 4.69) is 20.4 Å². The molecule has 3 rings (SSSR count). The van der Waals surface area contributed by atoms with Crippen molar-refractivity contribution >= 4 is 23.1 Å². The van der Waals surface area contributed by atoms with Gasteiger partial charge in [-0.2, -0.15) is 0 Å². The van der Waals surface area contributed by atoms with E-state index in [1.54, 1.807) is 30.5 Å². The van der Waals surface area contributed by atoms with Crippen LogP contribution in [0, 0.1) is 6.92 Å². The van der Waals surface area contributed by atoms with Gasteiger partial charge in [0.15, 0.2) is 5.82 Å². The van der Waals surface area contributed by atoms with Gasteiger partial charge in [0.1, 0.15) is 16.9 Å². The maximum absolute atomic E-state index is 11.9. The van der Waals surface area contributed by atoms with Crippen molar-refractivity contribution in [3.05, 3.63) is 28.4 Å². The fourth-order valence-electron chi connectivity index (χ4n) is 2.34. The molecule has 3 heterocycles. The quantitative estimate of drug-likeness (QED) is 0.905. The molecule has 7 nitrogen and oxygen atoms in total. The number of nitrogens with zero attached hydrogens (tertiary/aromatic N) is 3. The standard InChI is InChI=1S/C14H18N4O3S/c1-10-8-12(17-21-10)16-13(19)2-4-18-5-6-20-11(9-18)14-15-3-7-22-14/h3,7-8,11H,2,4-6,9H2,1H3,(H,16,17,19)/t11-/m0/s1. The molecule has 0 radical (unpaired) electrons. The van der Waals surface area contributed by atoms with Gasteiger partial charge in [-0.3, -0.25) is 9.69 Å². The van der Waals surface area contributed by atoms with E-state index in [4.69, 9.17) is 9.26 Å². The summed E-state index contributed by atoms with van der Waals surface area (Å²) in [6.45, 7) is 4.74. The highest BCUT2D eigenvalue weighted by atomic mass is 32.1. The molecule has 0 aliphatic carbocycles. The van der Waals surface area contributed by atoms with Gasteiger partial charge in [0, 0.05) is 43.7 Å². The van der Waals surface area contributed by atoms with E-state index in [1.165, 1.54) is 0 Å². The summed E-state index contributed by atoms with van der Waals surface area (Å²) in [6, 6.07) is 1.70. The number of thiazole rings is 1. The molecule has 22 heavy (non-hydrogen) atoms. The maximum atomic E-state index is 11.9. The molecule has 1 aliphatic heterocycles. The summed E-state index contributed by atoms with van der Waals surface area (Å²) in [5, 5.41) is 9.42. The summed E-state index contributed by atoms with van der Waals surface area (Å²) in [6.07, 6.45) is 2.21. The largest absolute Gasteiger partial charge is 0.368 e. The van der Waals surface area contributed by atoms with Gasteiger partial charge in [-0.05, 0) is 6.92 Å². The molecule has 0 aromatic carbocycles. The Hall–Kier alpha value is -1.77. The zero-order chi connectivity index (χ0) is 15.4. The topological polar surface area (TPSA) is 80.5 Å². The molecule has 0 spiro atoms. The molecule has 1 fully saturated rings. The summed E-state index contributed by atoms with van der Waals surface area (Å²) in [7, 11) is 0. The van der Waals surface area contributed by atoms with Crippen LogP contribution in [0.2, 0.25) is 0 Å². The molecule has 1 aliphatic rings. The molecule has 1 amide bonds. The second-order valence-electron chi connectivity index (χ2n) is 5.15. The molecule has 1 N–H and O–H groups in total. The van der Waals surface area contributed by atoms with Gasteiger partial charge in [-0.15, -0.1) is 11.3 Å². The Morgan fingerprint density at radius 3 is 3.23 bits per heavy atom. The Morgan fingerprint density at radius 1 is 1.59 bits per heavy atom. The average Bonchev–Trinajstić information content (AvgIpc) is 3.17. The van der Waals surface area contributed by atoms with E-state index in [9.17, 15) is 4.79 Å². The van der Waals surface area contributed by atoms with Gasteiger partial charge in [-0.25, -0.2) is 4.98 Å². The lowest BCUT2D eigenvalue weighted by atomic mass is 10.2. The van der Waals surface area contributed by atoms with Crippen molar-refractivity contribution in [3.8, 4) is 0 Å². The van der Waals surface area contributed by atoms with Crippen LogP contribution in [0.4, 0.5) is 5.82 Å². The highest BCUT2D eigenvalue weighted by Gasteiger charge is 2.24. The SMILES string of the molecule is Cc1cc(NC(=O)CCN2CCO[C@H](c3nccs3)C2)no1. The predicted octanol–water partition coefficient (Wildman–Crippen LogP) is 1.84. The summed E-state index contributed by atoms with van der Waals surface area (Å²) < 4.78 is 10.7. The summed E-state index contributed by atoms with van der Waals surface area (Å²) in [5.74, 6) is 1.07. The lowest BCUT2D eigenvalue weighted by Crippen LogP contribution is -2.39. The molecule has 1 atom stereocenters. The minimum Gasteiger partial charge on any atom is -0.368 e. The molecule has 0 bridgehead atoms. The van der Waals surface area contributed by atoms with E-state index in [0.717, 1.165) is 18.1 Å². The first-order valence-electron chi connectivity index (χ1n) is 7.17. The number of morpholine rings is 1. The number of ether oxygens (including phenoxy) is 1. The van der Waals surface area contributed by atoms with Gasteiger partial charge in [0.05, 0.1) is 6.61 Å². The summed E-state index contributed by atoms with van der Waals surface area (Å²) >= 11 is 1.60. The fourth-order valence-corrected chi connectivity index (χ4v) is 3.02. The first-order chi connectivity index (χ1) is 10.7. The highest BCUT2D eigenvalue weighted by Crippen LogP contribution is 2.23. The van der Waals surface area contributed by atoms with Crippen LogP contribution < -0.4 is 5.32 Å². The van der Waals surface area contributed by atoms with Crippen molar-refractivity contribution in [2.45, 2.75) is 19.4 Å². The number of carbonyl (C=O) groups excluding carboxylic acids is 1. The second kappa shape index (κ2) is 6.99. The minimum atomic E-state index is -0.0643. The van der Waals surface area contributed by atoms with Gasteiger partial charge in [-0.1, -0.05) is 5.16 Å². The molecular weight excluding hydrogens is 304 g/mol. The van der Waals surface area contributed by atoms with Crippen molar-refractivity contribution in [2.24, 2.45) is 0 Å². The van der Waals surface area contributed by atoms with Crippen LogP contribution in [-0.4, -0.2) is 47.2 Å². The third-order valence-electron chi connectivity index (χ3n) is 3.43. The van der Waals surface area contributed by atoms with E-state index < -0.39 is 0 Å². The number of carbonyl (C=O) groups is 1. The monoisotopic (exact) mass is 322 g/mol. The number of hydrogen-bond donors (Lipinski definition) is 1. The fraction of sp³-hybridized carbons (Fsp3) is 0.500. The first-order valence-corrected chi connectivity index (χ1v) is 8.05. The van der Waals surface area contributed by atoms with E-state index >= 15 is 0 Å². The maximum Gasteiger partial charge on any atom is 0.226 e. The Balaban J connectivity index is 1.45. The molecule has 8 heteroatoms. The van der Waals surface area contributed by atoms with E-state index in [1.807, 2.05) is 5.38 Å². The lowest BCUT2D eigenvalue weighted by Gasteiger charge is -2.31. The van der Waals surface area contributed by atoms with E-state index in [-0.39, 0.29) is 12.0 Å². The zero-order valence-electron chi connectivity index (χ0n) is 12.3. The smallest absolute Gasteiger partial charge is 0.226 e. The number of aryl methyl sites for hydroxylation is 1. The van der Waals surface area contributed by atoms with Crippen LogP contribution in [0.3, 0.4) is 0 Å². The van der Waals surface area contributed by atoms with Crippen molar-refractivity contribution in [1.29, 1.82) is 0 Å². The molecule has 0 unspecified atom stereocenters. The van der Waals surface area contributed by atoms with Crippen LogP contribution in [-0.2, 0) is 9.53 Å². The third-order valence-corrected chi connectivity index (χ3v) is 4.30. The third kappa shape index (κ3) is 3.90. The minimum absolute atomic E-state index is 0.00926. The van der Waals surface area contributed by atoms with Crippen LogP contribution in [0.5, 0.6) is 0 Å². The van der Waals surface area contributed by atoms with Crippen LogP contribution in [0.1, 0.15) is 23.3 Å². The van der Waals surface area contributed by atoms with Gasteiger partial charge in [0.25, 0.3) is 0 Å². The Kier molecular flexibility index (Phi) is 4.81. The number of anilines is 1. The molecule has 2 aromatic heterocycles. The number of amides is 1. The Morgan fingerprint density at radius 2 is 2.50 bits per heavy atom. The number of aromatic nitrogens is 2. The first kappa shape index (κ1) is 15.1. The molecule has 1 saturated heterocycles. The van der Waals surface area contributed by atoms with E-state index in [0.29, 0.717) is 31.2 Å². The zero-order valence-corrected chi connectivity index (χ0v) is 13.1. The average molecular weight is 322 g/mol.